The van der Waals surface area contributed by atoms with E-state index in [2.05, 4.69) is 74.8 Å². The Hall–Kier alpha value is -1.01. The molecular weight excluding hydrogens is 509 g/mol. The Kier molecular flexibility index (Phi) is 6.26. The Balaban J connectivity index is 2.18. The van der Waals surface area contributed by atoms with Gasteiger partial charge in [0, 0.05) is 0 Å². The zero-order valence-corrected chi connectivity index (χ0v) is 21.2. The van der Waals surface area contributed by atoms with Crippen molar-refractivity contribution in [2.45, 2.75) is 55.3 Å². The van der Waals surface area contributed by atoms with Crippen LogP contribution in [0, 0.1) is 0 Å². The Morgan fingerprint density at radius 2 is 1.63 bits per heavy atom. The molecule has 144 valence electrons. The number of halogens is 1. The van der Waals surface area contributed by atoms with E-state index in [-0.39, 0.29) is 5.41 Å². The van der Waals surface area contributed by atoms with Crippen molar-refractivity contribution in [2.75, 3.05) is 0 Å². The third-order valence-corrected chi connectivity index (χ3v) is 15.6. The molecule has 3 nitrogen and oxygen atoms in total. The third kappa shape index (κ3) is 4.37. The maximum atomic E-state index is 6.65. The molecule has 0 bridgehead atoms. The average molecular weight is 537 g/mol. The van der Waals surface area contributed by atoms with Crippen LogP contribution >= 0.6 is 15.9 Å². The van der Waals surface area contributed by atoms with Crippen LogP contribution in [0.25, 0.3) is 0 Å². The Morgan fingerprint density at radius 3 is 2.30 bits per heavy atom. The van der Waals surface area contributed by atoms with Crippen molar-refractivity contribution in [3.63, 3.8) is 0 Å². The van der Waals surface area contributed by atoms with Crippen LogP contribution in [0.15, 0.2) is 45.9 Å². The SMILES string of the molecule is CCC(C)(C)c1ccc2c(c1)N=Cc1cc(Br)ccc1[O][Sn]([CH2]C)([CH2]C)[O]2. The van der Waals surface area contributed by atoms with Gasteiger partial charge in [-0.05, 0) is 0 Å². The first-order valence-electron chi connectivity index (χ1n) is 9.68. The Bertz CT molecular complexity index is 859. The van der Waals surface area contributed by atoms with Gasteiger partial charge in [0.2, 0.25) is 0 Å². The number of hydrogen-bond acceptors (Lipinski definition) is 3. The predicted molar refractivity (Wildman–Crippen MR) is 119 cm³/mol. The van der Waals surface area contributed by atoms with Crippen LogP contribution in [-0.4, -0.2) is 25.4 Å². The van der Waals surface area contributed by atoms with Crippen LogP contribution in [0.2, 0.25) is 8.87 Å². The van der Waals surface area contributed by atoms with Gasteiger partial charge in [-0.2, -0.15) is 0 Å². The molecule has 2 aromatic carbocycles. The van der Waals surface area contributed by atoms with Crippen LogP contribution in [0.5, 0.6) is 11.5 Å². The summed E-state index contributed by atoms with van der Waals surface area (Å²) in [6, 6.07) is 12.5. The fraction of sp³-hybridized carbons (Fsp3) is 0.409. The first-order valence-corrected chi connectivity index (χ1v) is 16.8. The molecule has 3 rings (SSSR count). The van der Waals surface area contributed by atoms with E-state index >= 15 is 0 Å². The standard InChI is InChI=1S/C18H20BrNO2.2C2H5.Sn/c1-4-18(2,3)13-5-7-17(22)15(10-13)20-11-12-9-14(19)6-8-16(12)21;2*1-2;/h5-11,21-22H,4H2,1-3H3;2*1H2,2H3;/q;;;+2/p-2. The molecule has 5 heteroatoms. The van der Waals surface area contributed by atoms with Crippen molar-refractivity contribution < 1.29 is 6.15 Å². The van der Waals surface area contributed by atoms with Gasteiger partial charge < -0.3 is 0 Å². The molecular formula is C22H28BrNO2Sn. The number of hydrogen-bond donors (Lipinski definition) is 0. The summed E-state index contributed by atoms with van der Waals surface area (Å²) in [7, 11) is 0. The average Bonchev–Trinajstić information content (AvgIpc) is 2.73. The second-order valence-electron chi connectivity index (χ2n) is 7.68. The van der Waals surface area contributed by atoms with Crippen LogP contribution in [0.3, 0.4) is 0 Å². The summed E-state index contributed by atoms with van der Waals surface area (Å²) >= 11 is 0.254. The maximum absolute atomic E-state index is 6.65. The summed E-state index contributed by atoms with van der Waals surface area (Å²) in [5.74, 6) is 1.73. The molecule has 0 aromatic heterocycles. The topological polar surface area (TPSA) is 30.8 Å². The first-order chi connectivity index (χ1) is 12.8. The Morgan fingerprint density at radius 1 is 0.963 bits per heavy atom. The van der Waals surface area contributed by atoms with E-state index in [1.165, 1.54) is 5.56 Å². The predicted octanol–water partition coefficient (Wildman–Crippen LogP) is 7.14. The summed E-state index contributed by atoms with van der Waals surface area (Å²) in [6.45, 7) is 11.1. The fourth-order valence-electron chi connectivity index (χ4n) is 3.14. The van der Waals surface area contributed by atoms with E-state index in [1.807, 2.05) is 18.3 Å². The number of benzene rings is 2. The summed E-state index contributed by atoms with van der Waals surface area (Å²) in [5.41, 5.74) is 3.28. The fourth-order valence-corrected chi connectivity index (χ4v) is 10.0. The molecule has 0 radical (unpaired) electrons. The molecule has 0 aliphatic carbocycles. The normalized spacial score (nSPS) is 15.5. The quantitative estimate of drug-likeness (QED) is 0.389. The molecule has 1 heterocycles. The van der Waals surface area contributed by atoms with E-state index in [1.54, 1.807) is 0 Å². The zero-order chi connectivity index (χ0) is 19.7. The van der Waals surface area contributed by atoms with E-state index in [9.17, 15) is 0 Å². The molecule has 0 unspecified atom stereocenters. The molecule has 2 aromatic rings. The van der Waals surface area contributed by atoms with Crippen molar-refractivity contribution in [1.29, 1.82) is 0 Å². The number of rotatable bonds is 4. The molecule has 0 saturated heterocycles. The van der Waals surface area contributed by atoms with Gasteiger partial charge >= 0.3 is 177 Å². The molecule has 0 N–H and O–H groups in total. The van der Waals surface area contributed by atoms with Gasteiger partial charge in [0.25, 0.3) is 0 Å². The van der Waals surface area contributed by atoms with Crippen molar-refractivity contribution >= 4 is 47.0 Å². The summed E-state index contributed by atoms with van der Waals surface area (Å²) in [6.07, 6.45) is 2.97. The number of fused-ring (bicyclic) bond motifs is 2. The molecule has 0 amide bonds. The second kappa shape index (κ2) is 8.16. The van der Waals surface area contributed by atoms with E-state index in [4.69, 9.17) is 11.1 Å². The summed E-state index contributed by atoms with van der Waals surface area (Å²) in [5, 5.41) is 0. The molecule has 0 spiro atoms. The monoisotopic (exact) mass is 537 g/mol. The van der Waals surface area contributed by atoms with E-state index in [0.29, 0.717) is 0 Å². The molecule has 1 aliphatic heterocycles. The van der Waals surface area contributed by atoms with Gasteiger partial charge in [-0.25, -0.2) is 0 Å². The van der Waals surface area contributed by atoms with Gasteiger partial charge in [0.1, 0.15) is 0 Å². The van der Waals surface area contributed by atoms with Gasteiger partial charge in [-0.15, -0.1) is 0 Å². The summed E-state index contributed by atoms with van der Waals surface area (Å²) < 4.78 is 16.2. The molecule has 0 fully saturated rings. The van der Waals surface area contributed by atoms with Crippen LogP contribution in [-0.2, 0) is 5.41 Å². The number of aliphatic imine (C=N–C) groups is 1. The second-order valence-corrected chi connectivity index (χ2v) is 19.0. The molecule has 0 atom stereocenters. The molecule has 0 saturated carbocycles. The van der Waals surface area contributed by atoms with Gasteiger partial charge in [0.05, 0.1) is 0 Å². The Labute approximate surface area is 176 Å². The van der Waals surface area contributed by atoms with Crippen molar-refractivity contribution in [3.8, 4) is 11.5 Å². The first kappa shape index (κ1) is 20.7. The van der Waals surface area contributed by atoms with Crippen LogP contribution in [0.1, 0.15) is 52.2 Å². The van der Waals surface area contributed by atoms with Crippen molar-refractivity contribution in [1.82, 2.24) is 0 Å². The third-order valence-electron chi connectivity index (χ3n) is 5.61. The minimum atomic E-state index is -3.31. The van der Waals surface area contributed by atoms with Crippen LogP contribution < -0.4 is 6.15 Å². The summed E-state index contributed by atoms with van der Waals surface area (Å²) in [4.78, 5) is 4.81. The van der Waals surface area contributed by atoms with E-state index in [0.717, 1.165) is 42.5 Å². The zero-order valence-electron chi connectivity index (χ0n) is 16.8. The van der Waals surface area contributed by atoms with Gasteiger partial charge in [0.15, 0.2) is 0 Å². The van der Waals surface area contributed by atoms with Crippen molar-refractivity contribution in [3.05, 3.63) is 52.0 Å². The molecule has 27 heavy (non-hydrogen) atoms. The van der Waals surface area contributed by atoms with Crippen molar-refractivity contribution in [2.24, 2.45) is 4.99 Å². The van der Waals surface area contributed by atoms with Crippen LogP contribution in [0.4, 0.5) is 5.69 Å². The van der Waals surface area contributed by atoms with Gasteiger partial charge in [-0.1, -0.05) is 0 Å². The molecule has 1 aliphatic rings. The minimum absolute atomic E-state index is 0.107. The van der Waals surface area contributed by atoms with Gasteiger partial charge in [-0.3, -0.25) is 0 Å². The number of nitrogens with zero attached hydrogens (tertiary/aromatic N) is 1. The van der Waals surface area contributed by atoms with E-state index < -0.39 is 19.2 Å².